The van der Waals surface area contributed by atoms with Crippen molar-refractivity contribution in [2.24, 2.45) is 0 Å². The predicted molar refractivity (Wildman–Crippen MR) is 43.8 cm³/mol. The van der Waals surface area contributed by atoms with Crippen molar-refractivity contribution in [3.05, 3.63) is 11.5 Å². The highest BCUT2D eigenvalue weighted by Crippen LogP contribution is 2.28. The Bertz CT molecular complexity index is 215. The first kappa shape index (κ1) is 10.8. The summed E-state index contributed by atoms with van der Waals surface area (Å²) in [5, 5.41) is 17.7. The number of carbonyl (C=O) groups is 1. The van der Waals surface area contributed by atoms with E-state index in [1.54, 1.807) is 0 Å². The van der Waals surface area contributed by atoms with Crippen LogP contribution in [0, 0.1) is 0 Å². The largest absolute Gasteiger partial charge is 0.505 e. The van der Waals surface area contributed by atoms with Crippen LogP contribution in [0.1, 0.15) is 27.7 Å². The third kappa shape index (κ3) is 1.69. The van der Waals surface area contributed by atoms with Gasteiger partial charge in [-0.2, -0.15) is 0 Å². The Hall–Kier alpha value is -1.19. The Kier molecular flexibility index (Phi) is 3.13. The number of carbonyl (C=O) groups excluding carboxylic acids is 1. The molecule has 0 fully saturated rings. The summed E-state index contributed by atoms with van der Waals surface area (Å²) in [7, 11) is 0. The van der Waals surface area contributed by atoms with Gasteiger partial charge in [-0.3, -0.25) is 0 Å². The molecular weight excluding hydrogens is 160 g/mol. The van der Waals surface area contributed by atoms with Crippen LogP contribution in [0.3, 0.4) is 0 Å². The van der Waals surface area contributed by atoms with Gasteiger partial charge in [-0.1, -0.05) is 13.8 Å². The zero-order valence-electron chi connectivity index (χ0n) is 7.71. The molecule has 1 rings (SSSR count). The number of aliphatic hydroxyl groups excluding tert-OH is 2. The molecule has 1 aliphatic heterocycles. The molecule has 0 atom stereocenters. The van der Waals surface area contributed by atoms with Gasteiger partial charge in [-0.25, -0.2) is 4.79 Å². The molecule has 0 aromatic heterocycles. The lowest BCUT2D eigenvalue weighted by molar-refractivity contribution is -0.147. The number of ether oxygens (including phenoxy) is 1. The highest BCUT2D eigenvalue weighted by molar-refractivity contribution is 5.89. The maximum atomic E-state index is 10.5. The highest BCUT2D eigenvalue weighted by Gasteiger charge is 2.40. The van der Waals surface area contributed by atoms with Crippen LogP contribution in [0.15, 0.2) is 11.5 Å². The molecule has 1 aliphatic rings. The average Bonchev–Trinajstić information content (AvgIpc) is 2.19. The molecule has 0 aromatic rings. The zero-order valence-corrected chi connectivity index (χ0v) is 7.71. The minimum Gasteiger partial charge on any atom is -0.505 e. The third-order valence-corrected chi connectivity index (χ3v) is 1.34. The molecule has 0 bridgehead atoms. The van der Waals surface area contributed by atoms with Crippen LogP contribution in [-0.4, -0.2) is 21.8 Å². The van der Waals surface area contributed by atoms with Gasteiger partial charge in [-0.15, -0.1) is 0 Å². The number of rotatable bonds is 0. The Morgan fingerprint density at radius 2 is 1.67 bits per heavy atom. The summed E-state index contributed by atoms with van der Waals surface area (Å²) in [6, 6.07) is 0. The van der Waals surface area contributed by atoms with Crippen molar-refractivity contribution in [2.75, 3.05) is 0 Å². The molecule has 0 unspecified atom stereocenters. The second kappa shape index (κ2) is 3.47. The quantitative estimate of drug-likeness (QED) is 0.548. The molecule has 0 saturated heterocycles. The number of hydrogen-bond acceptors (Lipinski definition) is 4. The topological polar surface area (TPSA) is 66.8 Å². The SMILES string of the molecule is CC.CC1(C)OC(=O)C(O)=C1O. The molecule has 0 amide bonds. The maximum absolute atomic E-state index is 10.5. The van der Waals surface area contributed by atoms with Crippen LogP contribution in [0.5, 0.6) is 0 Å². The van der Waals surface area contributed by atoms with Gasteiger partial charge in [0.2, 0.25) is 5.76 Å². The number of cyclic esters (lactones) is 1. The van der Waals surface area contributed by atoms with E-state index in [2.05, 4.69) is 4.74 Å². The highest BCUT2D eigenvalue weighted by atomic mass is 16.6. The summed E-state index contributed by atoms with van der Waals surface area (Å²) in [6.45, 7) is 6.98. The van der Waals surface area contributed by atoms with Crippen LogP contribution < -0.4 is 0 Å². The Morgan fingerprint density at radius 1 is 1.25 bits per heavy atom. The summed E-state index contributed by atoms with van der Waals surface area (Å²) < 4.78 is 4.56. The minimum atomic E-state index is -1.07. The molecule has 2 N–H and O–H groups in total. The molecule has 1 heterocycles. The molecule has 0 radical (unpaired) electrons. The lowest BCUT2D eigenvalue weighted by Gasteiger charge is -2.15. The molecule has 0 spiro atoms. The Labute approximate surface area is 71.5 Å². The van der Waals surface area contributed by atoms with E-state index in [9.17, 15) is 4.79 Å². The first-order chi connectivity index (χ1) is 5.45. The van der Waals surface area contributed by atoms with Gasteiger partial charge in [0.1, 0.15) is 0 Å². The summed E-state index contributed by atoms with van der Waals surface area (Å²) in [5.74, 6) is -1.97. The fourth-order valence-electron chi connectivity index (χ4n) is 0.710. The van der Waals surface area contributed by atoms with E-state index in [0.717, 1.165) is 0 Å². The number of esters is 1. The van der Waals surface area contributed by atoms with Gasteiger partial charge in [0, 0.05) is 0 Å². The lowest BCUT2D eigenvalue weighted by Crippen LogP contribution is -2.22. The first-order valence-corrected chi connectivity index (χ1v) is 3.81. The van der Waals surface area contributed by atoms with E-state index in [-0.39, 0.29) is 0 Å². The van der Waals surface area contributed by atoms with Crippen LogP contribution in [0.2, 0.25) is 0 Å². The summed E-state index contributed by atoms with van der Waals surface area (Å²) >= 11 is 0. The summed E-state index contributed by atoms with van der Waals surface area (Å²) in [6.07, 6.45) is 0. The van der Waals surface area contributed by atoms with Crippen molar-refractivity contribution < 1.29 is 19.7 Å². The average molecular weight is 174 g/mol. The van der Waals surface area contributed by atoms with E-state index in [0.29, 0.717) is 0 Å². The Morgan fingerprint density at radius 3 is 1.75 bits per heavy atom. The fraction of sp³-hybridized carbons (Fsp3) is 0.625. The lowest BCUT2D eigenvalue weighted by atomic mass is 10.1. The third-order valence-electron chi connectivity index (χ3n) is 1.34. The van der Waals surface area contributed by atoms with Crippen molar-refractivity contribution in [3.8, 4) is 0 Å². The van der Waals surface area contributed by atoms with Crippen LogP contribution >= 0.6 is 0 Å². The van der Waals surface area contributed by atoms with Crippen molar-refractivity contribution in [3.63, 3.8) is 0 Å². The van der Waals surface area contributed by atoms with Gasteiger partial charge in [0.15, 0.2) is 11.4 Å². The second-order valence-corrected chi connectivity index (χ2v) is 2.60. The van der Waals surface area contributed by atoms with E-state index >= 15 is 0 Å². The van der Waals surface area contributed by atoms with E-state index in [1.165, 1.54) is 13.8 Å². The molecular formula is C8H14O4. The molecule has 0 saturated carbocycles. The predicted octanol–water partition coefficient (Wildman–Crippen LogP) is 1.68. The minimum absolute atomic E-state index is 0.405. The smallest absolute Gasteiger partial charge is 0.378 e. The van der Waals surface area contributed by atoms with Crippen molar-refractivity contribution in [1.29, 1.82) is 0 Å². The zero-order chi connectivity index (χ0) is 9.94. The van der Waals surface area contributed by atoms with Gasteiger partial charge in [0.25, 0.3) is 0 Å². The number of hydrogen-bond donors (Lipinski definition) is 2. The monoisotopic (exact) mass is 174 g/mol. The molecule has 12 heavy (non-hydrogen) atoms. The van der Waals surface area contributed by atoms with Gasteiger partial charge >= 0.3 is 5.97 Å². The van der Waals surface area contributed by atoms with Gasteiger partial charge in [0.05, 0.1) is 0 Å². The second-order valence-electron chi connectivity index (χ2n) is 2.60. The van der Waals surface area contributed by atoms with Gasteiger partial charge < -0.3 is 14.9 Å². The van der Waals surface area contributed by atoms with E-state index in [1.807, 2.05) is 13.8 Å². The standard InChI is InChI=1S/C6H8O4.C2H6/c1-6(2)4(8)3(7)5(9)10-6;1-2/h7-8H,1-2H3;1-2H3. The Balaban J connectivity index is 0.000000561. The normalized spacial score (nSPS) is 19.8. The molecule has 70 valence electrons. The van der Waals surface area contributed by atoms with Gasteiger partial charge in [-0.05, 0) is 13.8 Å². The molecule has 0 aromatic carbocycles. The number of aliphatic hydroxyl groups is 2. The van der Waals surface area contributed by atoms with Crippen molar-refractivity contribution in [1.82, 2.24) is 0 Å². The van der Waals surface area contributed by atoms with Crippen molar-refractivity contribution in [2.45, 2.75) is 33.3 Å². The maximum Gasteiger partial charge on any atom is 0.378 e. The van der Waals surface area contributed by atoms with Crippen LogP contribution in [-0.2, 0) is 9.53 Å². The molecule has 4 heteroatoms. The van der Waals surface area contributed by atoms with Crippen LogP contribution in [0.4, 0.5) is 0 Å². The molecule has 4 nitrogen and oxygen atoms in total. The summed E-state index contributed by atoms with van der Waals surface area (Å²) in [5.41, 5.74) is -1.07. The van der Waals surface area contributed by atoms with Crippen molar-refractivity contribution >= 4 is 5.97 Å². The summed E-state index contributed by atoms with van der Waals surface area (Å²) in [4.78, 5) is 10.5. The fourth-order valence-corrected chi connectivity index (χ4v) is 0.710. The van der Waals surface area contributed by atoms with E-state index in [4.69, 9.17) is 10.2 Å². The van der Waals surface area contributed by atoms with Crippen LogP contribution in [0.25, 0.3) is 0 Å². The first-order valence-electron chi connectivity index (χ1n) is 3.81. The van der Waals surface area contributed by atoms with E-state index < -0.39 is 23.1 Å². The molecule has 0 aliphatic carbocycles.